The largest absolute Gasteiger partial charge is 0.475 e. The Balaban J connectivity index is 2.24. The van der Waals surface area contributed by atoms with Gasteiger partial charge in [-0.1, -0.05) is 32.0 Å². The number of aromatic amines is 1. The lowest BCUT2D eigenvalue weighted by Gasteiger charge is -2.23. The molecule has 27 heavy (non-hydrogen) atoms. The van der Waals surface area contributed by atoms with Crippen LogP contribution in [0.4, 0.5) is 0 Å². The number of sulfonamides is 1. The first-order valence-corrected chi connectivity index (χ1v) is 10.6. The predicted molar refractivity (Wildman–Crippen MR) is 105 cm³/mol. The number of hydrogen-bond acceptors (Lipinski definition) is 5. The van der Waals surface area contributed by atoms with Crippen LogP contribution in [-0.4, -0.2) is 54.7 Å². The monoisotopic (exact) mass is 395 g/mol. The minimum atomic E-state index is -3.65. The third kappa shape index (κ3) is 6.35. The molecule has 1 aromatic carbocycles. The molecule has 8 nitrogen and oxygen atoms in total. The van der Waals surface area contributed by atoms with Gasteiger partial charge in [-0.05, 0) is 30.4 Å². The summed E-state index contributed by atoms with van der Waals surface area (Å²) < 4.78 is 25.8. The summed E-state index contributed by atoms with van der Waals surface area (Å²) >= 11 is 0. The van der Waals surface area contributed by atoms with Crippen molar-refractivity contribution < 1.29 is 23.3 Å². The first-order valence-electron chi connectivity index (χ1n) is 8.75. The second-order valence-electron chi connectivity index (χ2n) is 7.16. The molecule has 0 unspecified atom stereocenters. The van der Waals surface area contributed by atoms with Crippen LogP contribution in [0.15, 0.2) is 30.5 Å². The normalized spacial score (nSPS) is 14.3. The molecular formula is C17H26BN3O5S. The second-order valence-corrected chi connectivity index (χ2v) is 8.94. The maximum absolute atomic E-state index is 12.7. The molecule has 0 saturated carbocycles. The summed E-state index contributed by atoms with van der Waals surface area (Å²) in [5.74, 6) is -1.37. The van der Waals surface area contributed by atoms with Gasteiger partial charge in [0, 0.05) is 17.1 Å². The van der Waals surface area contributed by atoms with E-state index in [1.165, 1.54) is 0 Å². The number of para-hydroxylation sites is 1. The van der Waals surface area contributed by atoms with Crippen LogP contribution >= 0.6 is 0 Å². The molecule has 0 aliphatic heterocycles. The van der Waals surface area contributed by atoms with Gasteiger partial charge >= 0.3 is 7.12 Å². The smallest absolute Gasteiger partial charge is 0.426 e. The number of fused-ring (bicyclic) bond motifs is 1. The van der Waals surface area contributed by atoms with Crippen molar-refractivity contribution in [3.63, 3.8) is 0 Å². The van der Waals surface area contributed by atoms with E-state index in [9.17, 15) is 23.3 Å². The Morgan fingerprint density at radius 2 is 1.93 bits per heavy atom. The van der Waals surface area contributed by atoms with Crippen LogP contribution in [0.5, 0.6) is 0 Å². The lowest BCUT2D eigenvalue weighted by Crippen LogP contribution is -2.54. The molecular weight excluding hydrogens is 369 g/mol. The Bertz CT molecular complexity index is 882. The third-order valence-electron chi connectivity index (χ3n) is 4.18. The van der Waals surface area contributed by atoms with E-state index in [-0.39, 0.29) is 12.3 Å². The molecule has 148 valence electrons. The highest BCUT2D eigenvalue weighted by atomic mass is 32.2. The highest BCUT2D eigenvalue weighted by Crippen LogP contribution is 2.19. The molecule has 0 fully saturated rings. The van der Waals surface area contributed by atoms with E-state index in [0.717, 1.165) is 22.7 Å². The number of rotatable bonds is 9. The summed E-state index contributed by atoms with van der Waals surface area (Å²) in [7, 11) is -5.38. The summed E-state index contributed by atoms with van der Waals surface area (Å²) in [6, 6.07) is 6.43. The minimum absolute atomic E-state index is 0.118. The molecule has 0 radical (unpaired) electrons. The molecule has 0 bridgehead atoms. The summed E-state index contributed by atoms with van der Waals surface area (Å²) in [6.07, 6.45) is 3.19. The van der Waals surface area contributed by atoms with Gasteiger partial charge in [0.1, 0.15) is 6.04 Å². The van der Waals surface area contributed by atoms with Gasteiger partial charge in [0.25, 0.3) is 0 Å². The number of hydrogen-bond donors (Lipinski definition) is 5. The first-order chi connectivity index (χ1) is 12.6. The lowest BCUT2D eigenvalue weighted by molar-refractivity contribution is -0.123. The zero-order valence-electron chi connectivity index (χ0n) is 15.6. The number of H-pyrrole nitrogens is 1. The number of carbonyl (C=O) groups excluding carboxylic acids is 1. The SMILES string of the molecule is CC(C)C[C@H](NC(=O)[C@H](Cc1c[nH]c2ccccc12)NS(C)(=O)=O)B(O)O. The number of carbonyl (C=O) groups is 1. The summed E-state index contributed by atoms with van der Waals surface area (Å²) in [5, 5.41) is 22.5. The number of amides is 1. The zero-order valence-corrected chi connectivity index (χ0v) is 16.5. The molecule has 0 spiro atoms. The van der Waals surface area contributed by atoms with Crippen molar-refractivity contribution in [3.05, 3.63) is 36.0 Å². The Morgan fingerprint density at radius 1 is 1.26 bits per heavy atom. The molecule has 2 aromatic rings. The van der Waals surface area contributed by atoms with Crippen molar-refractivity contribution in [2.24, 2.45) is 5.92 Å². The zero-order chi connectivity index (χ0) is 20.2. The van der Waals surface area contributed by atoms with E-state index in [0.29, 0.717) is 6.42 Å². The van der Waals surface area contributed by atoms with Crippen LogP contribution in [0.3, 0.4) is 0 Å². The predicted octanol–water partition coefficient (Wildman–Crippen LogP) is 0.171. The van der Waals surface area contributed by atoms with Crippen molar-refractivity contribution in [3.8, 4) is 0 Å². The van der Waals surface area contributed by atoms with Crippen molar-refractivity contribution in [1.82, 2.24) is 15.0 Å². The molecule has 5 N–H and O–H groups in total. The van der Waals surface area contributed by atoms with Crippen molar-refractivity contribution >= 4 is 34.0 Å². The maximum Gasteiger partial charge on any atom is 0.475 e. The summed E-state index contributed by atoms with van der Waals surface area (Å²) in [6.45, 7) is 3.78. The second kappa shape index (κ2) is 8.88. The Hall–Kier alpha value is -1.88. The van der Waals surface area contributed by atoms with Gasteiger partial charge in [0.15, 0.2) is 0 Å². The highest BCUT2D eigenvalue weighted by Gasteiger charge is 2.30. The molecule has 1 amide bonds. The lowest BCUT2D eigenvalue weighted by atomic mass is 9.75. The fourth-order valence-electron chi connectivity index (χ4n) is 3.01. The topological polar surface area (TPSA) is 132 Å². The van der Waals surface area contributed by atoms with Crippen LogP contribution in [-0.2, 0) is 21.2 Å². The van der Waals surface area contributed by atoms with E-state index < -0.39 is 35.0 Å². The van der Waals surface area contributed by atoms with Crippen LogP contribution in [0.2, 0.25) is 0 Å². The van der Waals surface area contributed by atoms with Gasteiger partial charge in [-0.3, -0.25) is 4.79 Å². The van der Waals surface area contributed by atoms with E-state index in [1.807, 2.05) is 38.1 Å². The van der Waals surface area contributed by atoms with Crippen molar-refractivity contribution in [2.75, 3.05) is 6.26 Å². The summed E-state index contributed by atoms with van der Waals surface area (Å²) in [5.41, 5.74) is 1.67. The molecule has 0 aliphatic carbocycles. The fraction of sp³-hybridized carbons (Fsp3) is 0.471. The minimum Gasteiger partial charge on any atom is -0.426 e. The third-order valence-corrected chi connectivity index (χ3v) is 4.90. The van der Waals surface area contributed by atoms with E-state index in [2.05, 4.69) is 15.0 Å². The van der Waals surface area contributed by atoms with Crippen LogP contribution < -0.4 is 10.0 Å². The van der Waals surface area contributed by atoms with Crippen LogP contribution in [0.25, 0.3) is 10.9 Å². The van der Waals surface area contributed by atoms with Gasteiger partial charge in [-0.15, -0.1) is 0 Å². The Labute approximate surface area is 159 Å². The van der Waals surface area contributed by atoms with Gasteiger partial charge in [0.05, 0.1) is 12.2 Å². The van der Waals surface area contributed by atoms with Gasteiger partial charge in [-0.2, -0.15) is 0 Å². The fourth-order valence-corrected chi connectivity index (χ4v) is 3.72. The van der Waals surface area contributed by atoms with Gasteiger partial charge < -0.3 is 20.3 Å². The van der Waals surface area contributed by atoms with Gasteiger partial charge in [0.2, 0.25) is 15.9 Å². The molecule has 1 aromatic heterocycles. The quantitative estimate of drug-likeness (QED) is 0.386. The highest BCUT2D eigenvalue weighted by molar-refractivity contribution is 7.88. The Morgan fingerprint density at radius 3 is 2.52 bits per heavy atom. The Kier molecular flexibility index (Phi) is 7.04. The average Bonchev–Trinajstić information content (AvgIpc) is 2.95. The summed E-state index contributed by atoms with van der Waals surface area (Å²) in [4.78, 5) is 15.8. The molecule has 0 saturated heterocycles. The molecule has 2 rings (SSSR count). The van der Waals surface area contributed by atoms with E-state index in [4.69, 9.17) is 0 Å². The standard InChI is InChI=1S/C17H26BN3O5S/c1-11(2)8-16(18(23)24)20-17(22)15(21-27(3,25)26)9-12-10-19-14-7-5-4-6-13(12)14/h4-7,10-11,15-16,19,21,23-24H,8-9H2,1-3H3,(H,20,22)/t15-,16-/m0/s1. The number of aromatic nitrogens is 1. The maximum atomic E-state index is 12.7. The van der Waals surface area contributed by atoms with Gasteiger partial charge in [-0.25, -0.2) is 13.1 Å². The van der Waals surface area contributed by atoms with Crippen molar-refractivity contribution in [1.29, 1.82) is 0 Å². The van der Waals surface area contributed by atoms with Crippen LogP contribution in [0.1, 0.15) is 25.8 Å². The molecule has 2 atom stereocenters. The number of benzene rings is 1. The number of nitrogens with one attached hydrogen (secondary N) is 3. The molecule has 10 heteroatoms. The van der Waals surface area contributed by atoms with E-state index in [1.54, 1.807) is 6.20 Å². The van der Waals surface area contributed by atoms with E-state index >= 15 is 0 Å². The first kappa shape index (κ1) is 21.4. The van der Waals surface area contributed by atoms with Crippen molar-refractivity contribution in [2.45, 2.75) is 38.7 Å². The van der Waals surface area contributed by atoms with Crippen LogP contribution in [0, 0.1) is 5.92 Å². The average molecular weight is 395 g/mol. The molecule has 1 heterocycles. The molecule has 0 aliphatic rings.